The summed E-state index contributed by atoms with van der Waals surface area (Å²) < 4.78 is 0. The van der Waals surface area contributed by atoms with Crippen molar-refractivity contribution in [2.75, 3.05) is 6.54 Å². The zero-order valence-corrected chi connectivity index (χ0v) is 14.4. The van der Waals surface area contributed by atoms with Crippen LogP contribution in [0.2, 0.25) is 0 Å². The van der Waals surface area contributed by atoms with Crippen LogP contribution in [0.15, 0.2) is 24.3 Å². The molecule has 0 radical (unpaired) electrons. The first-order chi connectivity index (χ1) is 9.94. The lowest BCUT2D eigenvalue weighted by Gasteiger charge is -2.41. The number of aryl methyl sites for hydroxylation is 1. The molecule has 1 aliphatic carbocycles. The standard InChI is InChI=1S/C20H33N/c1-5-15-6-8-16(9-7-15)12-18-13-19(20(2,3)4)11-10-17(18)14-21/h6-9,17-19H,5,10-14,21H2,1-4H3. The Bertz CT molecular complexity index is 426. The number of rotatable bonds is 4. The molecule has 0 aromatic heterocycles. The molecule has 1 heteroatoms. The van der Waals surface area contributed by atoms with Crippen LogP contribution in [0, 0.1) is 23.2 Å². The van der Waals surface area contributed by atoms with Crippen molar-refractivity contribution in [3.05, 3.63) is 35.4 Å². The predicted octanol–water partition coefficient (Wildman–Crippen LogP) is 4.83. The van der Waals surface area contributed by atoms with Crippen molar-refractivity contribution in [3.63, 3.8) is 0 Å². The summed E-state index contributed by atoms with van der Waals surface area (Å²) in [5.74, 6) is 2.33. The molecule has 0 saturated heterocycles. The van der Waals surface area contributed by atoms with Crippen LogP contribution in [0.25, 0.3) is 0 Å². The van der Waals surface area contributed by atoms with Gasteiger partial charge >= 0.3 is 0 Å². The van der Waals surface area contributed by atoms with E-state index in [9.17, 15) is 0 Å². The second-order valence-corrected chi connectivity index (χ2v) is 8.01. The summed E-state index contributed by atoms with van der Waals surface area (Å²) in [6, 6.07) is 9.23. The third kappa shape index (κ3) is 4.32. The van der Waals surface area contributed by atoms with Gasteiger partial charge in [0.2, 0.25) is 0 Å². The van der Waals surface area contributed by atoms with Crippen molar-refractivity contribution >= 4 is 0 Å². The fourth-order valence-corrected chi connectivity index (χ4v) is 3.89. The van der Waals surface area contributed by atoms with Gasteiger partial charge in [0.15, 0.2) is 0 Å². The molecule has 1 aromatic carbocycles. The summed E-state index contributed by atoms with van der Waals surface area (Å²) in [5.41, 5.74) is 9.41. The van der Waals surface area contributed by atoms with Gasteiger partial charge in [0.05, 0.1) is 0 Å². The van der Waals surface area contributed by atoms with E-state index >= 15 is 0 Å². The van der Waals surface area contributed by atoms with E-state index in [2.05, 4.69) is 52.0 Å². The molecule has 0 amide bonds. The van der Waals surface area contributed by atoms with Gasteiger partial charge in [0.25, 0.3) is 0 Å². The molecule has 0 aliphatic heterocycles. The molecule has 1 fully saturated rings. The second-order valence-electron chi connectivity index (χ2n) is 8.01. The highest BCUT2D eigenvalue weighted by atomic mass is 14.6. The monoisotopic (exact) mass is 287 g/mol. The van der Waals surface area contributed by atoms with E-state index in [-0.39, 0.29) is 0 Å². The highest BCUT2D eigenvalue weighted by molar-refractivity contribution is 5.23. The predicted molar refractivity (Wildman–Crippen MR) is 92.4 cm³/mol. The van der Waals surface area contributed by atoms with E-state index in [0.29, 0.717) is 5.41 Å². The molecule has 2 rings (SSSR count). The number of hydrogen-bond donors (Lipinski definition) is 1. The summed E-state index contributed by atoms with van der Waals surface area (Å²) in [6.45, 7) is 10.3. The van der Waals surface area contributed by atoms with Crippen molar-refractivity contribution in [2.24, 2.45) is 28.9 Å². The normalized spacial score (nSPS) is 26.8. The Morgan fingerprint density at radius 1 is 1.00 bits per heavy atom. The van der Waals surface area contributed by atoms with Crippen molar-refractivity contribution in [2.45, 2.75) is 59.8 Å². The van der Waals surface area contributed by atoms with E-state index in [4.69, 9.17) is 5.73 Å². The smallest absolute Gasteiger partial charge is 0.00461 e. The lowest BCUT2D eigenvalue weighted by molar-refractivity contribution is 0.101. The van der Waals surface area contributed by atoms with E-state index in [1.807, 2.05) is 0 Å². The Kier molecular flexibility index (Phi) is 5.48. The van der Waals surface area contributed by atoms with Gasteiger partial charge in [-0.15, -0.1) is 0 Å². The van der Waals surface area contributed by atoms with Crippen LogP contribution < -0.4 is 5.73 Å². The Balaban J connectivity index is 2.06. The summed E-state index contributed by atoms with van der Waals surface area (Å²) >= 11 is 0. The van der Waals surface area contributed by atoms with E-state index < -0.39 is 0 Å². The molecule has 1 aliphatic rings. The minimum absolute atomic E-state index is 0.434. The van der Waals surface area contributed by atoms with Gasteiger partial charge < -0.3 is 5.73 Å². The third-order valence-electron chi connectivity index (χ3n) is 5.60. The molecule has 118 valence electrons. The lowest BCUT2D eigenvalue weighted by atomic mass is 9.64. The second kappa shape index (κ2) is 6.96. The Hall–Kier alpha value is -0.820. The molecule has 3 atom stereocenters. The van der Waals surface area contributed by atoms with Crippen LogP contribution >= 0.6 is 0 Å². The summed E-state index contributed by atoms with van der Waals surface area (Å²) in [6.07, 6.45) is 6.35. The molecular weight excluding hydrogens is 254 g/mol. The molecule has 2 N–H and O–H groups in total. The maximum Gasteiger partial charge on any atom is -0.00461 e. The maximum atomic E-state index is 6.05. The molecule has 21 heavy (non-hydrogen) atoms. The van der Waals surface area contributed by atoms with Gasteiger partial charge in [0, 0.05) is 0 Å². The maximum absolute atomic E-state index is 6.05. The summed E-state index contributed by atoms with van der Waals surface area (Å²) in [5, 5.41) is 0. The highest BCUT2D eigenvalue weighted by Gasteiger charge is 2.35. The number of hydrogen-bond acceptors (Lipinski definition) is 1. The van der Waals surface area contributed by atoms with Crippen LogP contribution in [0.3, 0.4) is 0 Å². The van der Waals surface area contributed by atoms with Gasteiger partial charge in [-0.05, 0) is 72.9 Å². The molecular formula is C20H33N. The van der Waals surface area contributed by atoms with Crippen LogP contribution in [0.5, 0.6) is 0 Å². The van der Waals surface area contributed by atoms with Gasteiger partial charge in [0.1, 0.15) is 0 Å². The topological polar surface area (TPSA) is 26.0 Å². The first kappa shape index (κ1) is 16.5. The van der Waals surface area contributed by atoms with E-state index in [1.54, 1.807) is 0 Å². The van der Waals surface area contributed by atoms with Crippen LogP contribution in [-0.4, -0.2) is 6.54 Å². The van der Waals surface area contributed by atoms with Gasteiger partial charge in [-0.1, -0.05) is 52.0 Å². The minimum Gasteiger partial charge on any atom is -0.330 e. The quantitative estimate of drug-likeness (QED) is 0.843. The highest BCUT2D eigenvalue weighted by Crippen LogP contribution is 2.43. The average molecular weight is 287 g/mol. The van der Waals surface area contributed by atoms with E-state index in [0.717, 1.165) is 30.7 Å². The molecule has 1 aromatic rings. The lowest BCUT2D eigenvalue weighted by Crippen LogP contribution is -2.36. The summed E-state index contributed by atoms with van der Waals surface area (Å²) in [4.78, 5) is 0. The van der Waals surface area contributed by atoms with Crippen molar-refractivity contribution in [1.29, 1.82) is 0 Å². The molecule has 3 unspecified atom stereocenters. The molecule has 0 bridgehead atoms. The fraction of sp³-hybridized carbons (Fsp3) is 0.700. The zero-order chi connectivity index (χ0) is 15.5. The van der Waals surface area contributed by atoms with Crippen LogP contribution in [-0.2, 0) is 12.8 Å². The van der Waals surface area contributed by atoms with Gasteiger partial charge in [-0.2, -0.15) is 0 Å². The van der Waals surface area contributed by atoms with Crippen LogP contribution in [0.1, 0.15) is 58.1 Å². The fourth-order valence-electron chi connectivity index (χ4n) is 3.89. The minimum atomic E-state index is 0.434. The first-order valence-corrected chi connectivity index (χ1v) is 8.72. The number of nitrogens with two attached hydrogens (primary N) is 1. The van der Waals surface area contributed by atoms with Gasteiger partial charge in [-0.25, -0.2) is 0 Å². The first-order valence-electron chi connectivity index (χ1n) is 8.72. The Morgan fingerprint density at radius 2 is 1.62 bits per heavy atom. The van der Waals surface area contributed by atoms with Crippen LogP contribution in [0.4, 0.5) is 0 Å². The summed E-state index contributed by atoms with van der Waals surface area (Å²) in [7, 11) is 0. The largest absolute Gasteiger partial charge is 0.330 e. The Labute approximate surface area is 131 Å². The van der Waals surface area contributed by atoms with Gasteiger partial charge in [-0.3, -0.25) is 0 Å². The van der Waals surface area contributed by atoms with Crippen molar-refractivity contribution < 1.29 is 0 Å². The molecule has 1 saturated carbocycles. The SMILES string of the molecule is CCc1ccc(CC2CC(C(C)(C)C)CCC2CN)cc1. The van der Waals surface area contributed by atoms with Crippen molar-refractivity contribution in [3.8, 4) is 0 Å². The average Bonchev–Trinajstić information content (AvgIpc) is 2.47. The number of benzene rings is 1. The molecule has 0 spiro atoms. The van der Waals surface area contributed by atoms with E-state index in [1.165, 1.54) is 36.8 Å². The Morgan fingerprint density at radius 3 is 2.14 bits per heavy atom. The third-order valence-corrected chi connectivity index (χ3v) is 5.60. The molecule has 1 nitrogen and oxygen atoms in total. The zero-order valence-electron chi connectivity index (χ0n) is 14.4. The molecule has 0 heterocycles. The van der Waals surface area contributed by atoms with Crippen molar-refractivity contribution in [1.82, 2.24) is 0 Å².